The van der Waals surface area contributed by atoms with Crippen LogP contribution in [0.4, 0.5) is 0 Å². The molecule has 3 heteroatoms. The minimum absolute atomic E-state index is 0.108. The zero-order chi connectivity index (χ0) is 13.2. The standard InChI is InChI=1S/C15H23NO2/c1-13(17)7-6-12-16-15(18)11-5-10-14-8-3-2-4-9-14/h2-4,8-9,13,17H,5-7,10-12H2,1H3,(H,16,18). The fourth-order valence-corrected chi connectivity index (χ4v) is 1.81. The van der Waals surface area contributed by atoms with Crippen molar-refractivity contribution in [3.8, 4) is 0 Å². The molecule has 0 heterocycles. The average Bonchev–Trinajstić information content (AvgIpc) is 2.36. The van der Waals surface area contributed by atoms with Crippen molar-refractivity contribution in [1.82, 2.24) is 5.32 Å². The Morgan fingerprint density at radius 3 is 2.67 bits per heavy atom. The Balaban J connectivity index is 2.03. The minimum Gasteiger partial charge on any atom is -0.393 e. The number of aliphatic hydroxyl groups excluding tert-OH is 1. The van der Waals surface area contributed by atoms with Crippen molar-refractivity contribution >= 4 is 5.91 Å². The molecular weight excluding hydrogens is 226 g/mol. The summed E-state index contributed by atoms with van der Waals surface area (Å²) in [6.45, 7) is 2.43. The molecule has 0 aliphatic rings. The van der Waals surface area contributed by atoms with Crippen LogP contribution in [-0.2, 0) is 11.2 Å². The predicted octanol–water partition coefficient (Wildman–Crippen LogP) is 2.29. The molecule has 1 rings (SSSR count). The van der Waals surface area contributed by atoms with Gasteiger partial charge in [-0.05, 0) is 38.2 Å². The van der Waals surface area contributed by atoms with Gasteiger partial charge in [-0.3, -0.25) is 4.79 Å². The largest absolute Gasteiger partial charge is 0.393 e. The van der Waals surface area contributed by atoms with E-state index >= 15 is 0 Å². The summed E-state index contributed by atoms with van der Waals surface area (Å²) in [5.41, 5.74) is 1.28. The van der Waals surface area contributed by atoms with Crippen molar-refractivity contribution in [2.45, 2.75) is 45.1 Å². The molecular formula is C15H23NO2. The average molecular weight is 249 g/mol. The second-order valence-electron chi connectivity index (χ2n) is 4.68. The van der Waals surface area contributed by atoms with E-state index in [0.717, 1.165) is 25.7 Å². The number of carbonyl (C=O) groups excluding carboxylic acids is 1. The van der Waals surface area contributed by atoms with Crippen LogP contribution >= 0.6 is 0 Å². The van der Waals surface area contributed by atoms with Gasteiger partial charge in [-0.1, -0.05) is 30.3 Å². The Hall–Kier alpha value is -1.35. The Morgan fingerprint density at radius 2 is 2.00 bits per heavy atom. The van der Waals surface area contributed by atoms with E-state index in [0.29, 0.717) is 13.0 Å². The highest BCUT2D eigenvalue weighted by Crippen LogP contribution is 2.04. The van der Waals surface area contributed by atoms with Crippen LogP contribution < -0.4 is 5.32 Å². The van der Waals surface area contributed by atoms with Gasteiger partial charge in [0, 0.05) is 13.0 Å². The number of rotatable bonds is 8. The van der Waals surface area contributed by atoms with Crippen LogP contribution in [0, 0.1) is 0 Å². The summed E-state index contributed by atoms with van der Waals surface area (Å²) in [7, 11) is 0. The van der Waals surface area contributed by atoms with Crippen LogP contribution in [0.25, 0.3) is 0 Å². The highest BCUT2D eigenvalue weighted by atomic mass is 16.3. The molecule has 0 aliphatic heterocycles. The maximum atomic E-state index is 11.5. The van der Waals surface area contributed by atoms with Crippen LogP contribution in [0.3, 0.4) is 0 Å². The molecule has 1 aromatic rings. The number of aliphatic hydroxyl groups is 1. The lowest BCUT2D eigenvalue weighted by Gasteiger charge is -2.06. The van der Waals surface area contributed by atoms with Gasteiger partial charge in [0.1, 0.15) is 0 Å². The second-order valence-corrected chi connectivity index (χ2v) is 4.68. The maximum Gasteiger partial charge on any atom is 0.220 e. The quantitative estimate of drug-likeness (QED) is 0.694. The first-order valence-corrected chi connectivity index (χ1v) is 6.67. The molecule has 3 nitrogen and oxygen atoms in total. The van der Waals surface area contributed by atoms with Crippen LogP contribution in [-0.4, -0.2) is 23.7 Å². The summed E-state index contributed by atoms with van der Waals surface area (Å²) in [6.07, 6.45) is 3.70. The van der Waals surface area contributed by atoms with Gasteiger partial charge < -0.3 is 10.4 Å². The minimum atomic E-state index is -0.278. The predicted molar refractivity (Wildman–Crippen MR) is 73.3 cm³/mol. The van der Waals surface area contributed by atoms with Gasteiger partial charge in [-0.2, -0.15) is 0 Å². The van der Waals surface area contributed by atoms with Gasteiger partial charge in [-0.15, -0.1) is 0 Å². The monoisotopic (exact) mass is 249 g/mol. The normalized spacial score (nSPS) is 12.1. The van der Waals surface area contributed by atoms with E-state index < -0.39 is 0 Å². The van der Waals surface area contributed by atoms with Crippen molar-refractivity contribution in [1.29, 1.82) is 0 Å². The smallest absolute Gasteiger partial charge is 0.220 e. The molecule has 1 aromatic carbocycles. The molecule has 1 amide bonds. The van der Waals surface area contributed by atoms with E-state index in [4.69, 9.17) is 5.11 Å². The number of carbonyl (C=O) groups is 1. The summed E-state index contributed by atoms with van der Waals surface area (Å²) in [4.78, 5) is 11.5. The molecule has 1 unspecified atom stereocenters. The third kappa shape index (κ3) is 7.07. The number of hydrogen-bond donors (Lipinski definition) is 2. The summed E-state index contributed by atoms with van der Waals surface area (Å²) < 4.78 is 0. The number of benzene rings is 1. The molecule has 0 spiro atoms. The van der Waals surface area contributed by atoms with Crippen molar-refractivity contribution in [3.05, 3.63) is 35.9 Å². The molecule has 1 atom stereocenters. The van der Waals surface area contributed by atoms with Gasteiger partial charge >= 0.3 is 0 Å². The Kier molecular flexibility index (Phi) is 7.11. The zero-order valence-electron chi connectivity index (χ0n) is 11.1. The fourth-order valence-electron chi connectivity index (χ4n) is 1.81. The van der Waals surface area contributed by atoms with E-state index in [1.807, 2.05) is 18.2 Å². The Labute approximate surface area is 109 Å². The van der Waals surface area contributed by atoms with Crippen LogP contribution in [0.2, 0.25) is 0 Å². The van der Waals surface area contributed by atoms with Crippen molar-refractivity contribution in [2.24, 2.45) is 0 Å². The highest BCUT2D eigenvalue weighted by molar-refractivity contribution is 5.75. The topological polar surface area (TPSA) is 49.3 Å². The molecule has 0 aromatic heterocycles. The first kappa shape index (κ1) is 14.7. The molecule has 0 aliphatic carbocycles. The second kappa shape index (κ2) is 8.70. The fraction of sp³-hybridized carbons (Fsp3) is 0.533. The van der Waals surface area contributed by atoms with Crippen molar-refractivity contribution in [3.63, 3.8) is 0 Å². The third-order valence-corrected chi connectivity index (χ3v) is 2.83. The maximum absolute atomic E-state index is 11.5. The van der Waals surface area contributed by atoms with Gasteiger partial charge in [-0.25, -0.2) is 0 Å². The summed E-state index contributed by atoms with van der Waals surface area (Å²) >= 11 is 0. The van der Waals surface area contributed by atoms with Crippen molar-refractivity contribution in [2.75, 3.05) is 6.54 Å². The zero-order valence-corrected chi connectivity index (χ0v) is 11.1. The molecule has 100 valence electrons. The Bertz CT molecular complexity index is 336. The van der Waals surface area contributed by atoms with Gasteiger partial charge in [0.25, 0.3) is 0 Å². The molecule has 0 saturated heterocycles. The van der Waals surface area contributed by atoms with E-state index in [1.165, 1.54) is 5.56 Å². The SMILES string of the molecule is CC(O)CCCNC(=O)CCCc1ccccc1. The van der Waals surface area contributed by atoms with E-state index in [-0.39, 0.29) is 12.0 Å². The summed E-state index contributed by atoms with van der Waals surface area (Å²) in [6, 6.07) is 10.2. The first-order chi connectivity index (χ1) is 8.68. The lowest BCUT2D eigenvalue weighted by Crippen LogP contribution is -2.24. The number of amides is 1. The molecule has 0 fully saturated rings. The van der Waals surface area contributed by atoms with Gasteiger partial charge in [0.05, 0.1) is 6.10 Å². The Morgan fingerprint density at radius 1 is 1.28 bits per heavy atom. The molecule has 2 N–H and O–H groups in total. The number of aryl methyl sites for hydroxylation is 1. The highest BCUT2D eigenvalue weighted by Gasteiger charge is 2.01. The molecule has 0 radical (unpaired) electrons. The third-order valence-electron chi connectivity index (χ3n) is 2.83. The van der Waals surface area contributed by atoms with Crippen LogP contribution in [0.5, 0.6) is 0 Å². The molecule has 0 bridgehead atoms. The summed E-state index contributed by atoms with van der Waals surface area (Å²) in [5, 5.41) is 11.9. The van der Waals surface area contributed by atoms with Crippen LogP contribution in [0.15, 0.2) is 30.3 Å². The van der Waals surface area contributed by atoms with Gasteiger partial charge in [0.2, 0.25) is 5.91 Å². The molecule has 0 saturated carbocycles. The van der Waals surface area contributed by atoms with E-state index in [2.05, 4.69) is 17.4 Å². The number of nitrogens with one attached hydrogen (secondary N) is 1. The first-order valence-electron chi connectivity index (χ1n) is 6.67. The van der Waals surface area contributed by atoms with Crippen molar-refractivity contribution < 1.29 is 9.90 Å². The summed E-state index contributed by atoms with van der Waals surface area (Å²) in [5.74, 6) is 0.108. The lowest BCUT2D eigenvalue weighted by molar-refractivity contribution is -0.121. The lowest BCUT2D eigenvalue weighted by atomic mass is 10.1. The van der Waals surface area contributed by atoms with E-state index in [1.54, 1.807) is 6.92 Å². The number of hydrogen-bond acceptors (Lipinski definition) is 2. The van der Waals surface area contributed by atoms with Gasteiger partial charge in [0.15, 0.2) is 0 Å². The molecule has 18 heavy (non-hydrogen) atoms. The van der Waals surface area contributed by atoms with Crippen LogP contribution in [0.1, 0.15) is 38.2 Å². The van der Waals surface area contributed by atoms with E-state index in [9.17, 15) is 4.79 Å².